The first-order valence-electron chi connectivity index (χ1n) is 9.13. The molecule has 0 fully saturated rings. The van der Waals surface area contributed by atoms with Gasteiger partial charge in [0.05, 0.1) is 5.92 Å². The van der Waals surface area contributed by atoms with Crippen LogP contribution < -0.4 is 0 Å². The fraction of sp³-hybridized carbons (Fsp3) is 0.650. The van der Waals surface area contributed by atoms with Gasteiger partial charge in [-0.15, -0.1) is 11.3 Å². The maximum Gasteiger partial charge on any atom is 0.314 e. The standard InChI is InChI=1S/C20H31NO2S/c1-15(2)21(16(3)4)12-13-23-20(22)19(18-11-8-14-24-18)17-9-6-5-7-10-17/h6,8-9,11,14-17,19H,5,7,10,12-13H2,1-4H3/t17-,19+/m1/s1. The summed E-state index contributed by atoms with van der Waals surface area (Å²) in [4.78, 5) is 16.3. The molecule has 2 rings (SSSR count). The molecule has 0 radical (unpaired) electrons. The fourth-order valence-corrected chi connectivity index (χ4v) is 4.43. The van der Waals surface area contributed by atoms with E-state index >= 15 is 0 Å². The first kappa shape index (κ1) is 19.2. The lowest BCUT2D eigenvalue weighted by Crippen LogP contribution is -2.40. The molecule has 1 aliphatic rings. The van der Waals surface area contributed by atoms with Crippen molar-refractivity contribution in [1.82, 2.24) is 4.90 Å². The molecule has 4 heteroatoms. The second-order valence-electron chi connectivity index (χ2n) is 7.11. The number of nitrogens with zero attached hydrogens (tertiary/aromatic N) is 1. The molecule has 24 heavy (non-hydrogen) atoms. The number of thiophene rings is 1. The molecule has 1 aromatic rings. The Balaban J connectivity index is 1.98. The Morgan fingerprint density at radius 2 is 2.08 bits per heavy atom. The second-order valence-corrected chi connectivity index (χ2v) is 8.09. The molecule has 134 valence electrons. The summed E-state index contributed by atoms with van der Waals surface area (Å²) in [5, 5.41) is 2.04. The first-order valence-corrected chi connectivity index (χ1v) is 10.0. The van der Waals surface area contributed by atoms with E-state index in [-0.39, 0.29) is 17.8 Å². The predicted molar refractivity (Wildman–Crippen MR) is 101 cm³/mol. The van der Waals surface area contributed by atoms with Crippen LogP contribution in [0.3, 0.4) is 0 Å². The van der Waals surface area contributed by atoms with Gasteiger partial charge in [0, 0.05) is 23.5 Å². The molecule has 0 N–H and O–H groups in total. The lowest BCUT2D eigenvalue weighted by molar-refractivity contribution is -0.147. The zero-order valence-corrected chi connectivity index (χ0v) is 16.2. The number of allylic oxidation sites excluding steroid dienone is 2. The average molecular weight is 350 g/mol. The predicted octanol–water partition coefficient (Wildman–Crippen LogP) is 4.85. The maximum atomic E-state index is 12.8. The van der Waals surface area contributed by atoms with Crippen LogP contribution in [0, 0.1) is 5.92 Å². The lowest BCUT2D eigenvalue weighted by atomic mass is 9.83. The molecule has 0 amide bonds. The molecular formula is C20H31NO2S. The van der Waals surface area contributed by atoms with Crippen LogP contribution in [-0.4, -0.2) is 36.1 Å². The lowest BCUT2D eigenvalue weighted by Gasteiger charge is -2.30. The number of esters is 1. The van der Waals surface area contributed by atoms with Crippen LogP contribution in [0.4, 0.5) is 0 Å². The van der Waals surface area contributed by atoms with Crippen molar-refractivity contribution in [3.63, 3.8) is 0 Å². The van der Waals surface area contributed by atoms with Gasteiger partial charge in [0.25, 0.3) is 0 Å². The van der Waals surface area contributed by atoms with Crippen molar-refractivity contribution < 1.29 is 9.53 Å². The quantitative estimate of drug-likeness (QED) is 0.496. The van der Waals surface area contributed by atoms with Crippen LogP contribution in [0.5, 0.6) is 0 Å². The van der Waals surface area contributed by atoms with E-state index in [2.05, 4.69) is 50.8 Å². The fourth-order valence-electron chi connectivity index (χ4n) is 3.54. The monoisotopic (exact) mass is 349 g/mol. The summed E-state index contributed by atoms with van der Waals surface area (Å²) in [5.41, 5.74) is 0. The highest BCUT2D eigenvalue weighted by Crippen LogP contribution is 2.35. The SMILES string of the molecule is CC(C)N(CCOC(=O)[C@H](c1cccs1)[C@@H]1C=CCCC1)C(C)C. The van der Waals surface area contributed by atoms with Gasteiger partial charge in [0.1, 0.15) is 6.61 Å². The number of carbonyl (C=O) groups excluding carboxylic acids is 1. The zero-order valence-electron chi connectivity index (χ0n) is 15.4. The van der Waals surface area contributed by atoms with E-state index in [9.17, 15) is 4.79 Å². The molecular weight excluding hydrogens is 318 g/mol. The van der Waals surface area contributed by atoms with Crippen molar-refractivity contribution in [2.45, 2.75) is 65.0 Å². The van der Waals surface area contributed by atoms with Gasteiger partial charge in [-0.05, 0) is 64.3 Å². The van der Waals surface area contributed by atoms with E-state index < -0.39 is 0 Å². The molecule has 0 aromatic carbocycles. The van der Waals surface area contributed by atoms with Crippen molar-refractivity contribution in [2.24, 2.45) is 5.92 Å². The highest BCUT2D eigenvalue weighted by molar-refractivity contribution is 7.10. The van der Waals surface area contributed by atoms with E-state index in [1.165, 1.54) is 0 Å². The summed E-state index contributed by atoms with van der Waals surface area (Å²) < 4.78 is 5.70. The summed E-state index contributed by atoms with van der Waals surface area (Å²) in [7, 11) is 0. The number of rotatable bonds is 8. The van der Waals surface area contributed by atoms with Gasteiger partial charge >= 0.3 is 5.97 Å². The Morgan fingerprint density at radius 3 is 2.62 bits per heavy atom. The third-order valence-electron chi connectivity index (χ3n) is 4.74. The molecule has 2 atom stereocenters. The molecule has 0 unspecified atom stereocenters. The van der Waals surface area contributed by atoms with Gasteiger partial charge in [0.2, 0.25) is 0 Å². The van der Waals surface area contributed by atoms with Crippen LogP contribution in [-0.2, 0) is 9.53 Å². The van der Waals surface area contributed by atoms with Crippen molar-refractivity contribution in [3.05, 3.63) is 34.5 Å². The van der Waals surface area contributed by atoms with Gasteiger partial charge < -0.3 is 4.74 Å². The molecule has 1 heterocycles. The molecule has 0 aliphatic heterocycles. The normalized spacial score (nSPS) is 19.2. The van der Waals surface area contributed by atoms with Crippen LogP contribution >= 0.6 is 11.3 Å². The number of ether oxygens (including phenoxy) is 1. The molecule has 1 aliphatic carbocycles. The van der Waals surface area contributed by atoms with Gasteiger partial charge in [-0.2, -0.15) is 0 Å². The maximum absolute atomic E-state index is 12.8. The van der Waals surface area contributed by atoms with Crippen molar-refractivity contribution in [3.8, 4) is 0 Å². The van der Waals surface area contributed by atoms with Crippen LogP contribution in [0.25, 0.3) is 0 Å². The molecule has 0 spiro atoms. The third-order valence-corrected chi connectivity index (χ3v) is 5.70. The van der Waals surface area contributed by atoms with E-state index in [4.69, 9.17) is 4.74 Å². The minimum Gasteiger partial charge on any atom is -0.464 e. The van der Waals surface area contributed by atoms with Gasteiger partial charge in [-0.25, -0.2) is 0 Å². The number of hydrogen-bond acceptors (Lipinski definition) is 4. The smallest absolute Gasteiger partial charge is 0.314 e. The molecule has 0 saturated heterocycles. The van der Waals surface area contributed by atoms with E-state index in [0.717, 1.165) is 30.7 Å². The highest BCUT2D eigenvalue weighted by atomic mass is 32.1. The summed E-state index contributed by atoms with van der Waals surface area (Å²) >= 11 is 1.66. The minimum absolute atomic E-state index is 0.0681. The van der Waals surface area contributed by atoms with Crippen molar-refractivity contribution >= 4 is 17.3 Å². The Hall–Kier alpha value is -1.13. The minimum atomic E-state index is -0.145. The van der Waals surface area contributed by atoms with Crippen LogP contribution in [0.1, 0.15) is 57.8 Å². The zero-order chi connectivity index (χ0) is 17.5. The molecule has 3 nitrogen and oxygen atoms in total. The second kappa shape index (κ2) is 9.38. The van der Waals surface area contributed by atoms with E-state index in [1.807, 2.05) is 11.4 Å². The molecule has 0 bridgehead atoms. The average Bonchev–Trinajstić information content (AvgIpc) is 3.06. The Bertz CT molecular complexity index is 514. The Kier molecular flexibility index (Phi) is 7.50. The topological polar surface area (TPSA) is 29.5 Å². The van der Waals surface area contributed by atoms with Crippen LogP contribution in [0.2, 0.25) is 0 Å². The summed E-state index contributed by atoms with van der Waals surface area (Å²) in [6, 6.07) is 5.00. The number of hydrogen-bond donors (Lipinski definition) is 0. The summed E-state index contributed by atoms with van der Waals surface area (Å²) in [5.74, 6) is 0.0609. The van der Waals surface area contributed by atoms with Gasteiger partial charge in [-0.3, -0.25) is 9.69 Å². The van der Waals surface area contributed by atoms with E-state index in [0.29, 0.717) is 18.7 Å². The van der Waals surface area contributed by atoms with Gasteiger partial charge in [0.15, 0.2) is 0 Å². The van der Waals surface area contributed by atoms with Gasteiger partial charge in [-0.1, -0.05) is 18.2 Å². The van der Waals surface area contributed by atoms with Crippen LogP contribution in [0.15, 0.2) is 29.7 Å². The van der Waals surface area contributed by atoms with Crippen molar-refractivity contribution in [1.29, 1.82) is 0 Å². The molecule has 0 saturated carbocycles. The third kappa shape index (κ3) is 5.18. The largest absolute Gasteiger partial charge is 0.464 e. The van der Waals surface area contributed by atoms with E-state index in [1.54, 1.807) is 11.3 Å². The Labute approximate surface area is 150 Å². The summed E-state index contributed by atoms with van der Waals surface area (Å²) in [6.07, 6.45) is 7.77. The Morgan fingerprint density at radius 1 is 1.33 bits per heavy atom. The highest BCUT2D eigenvalue weighted by Gasteiger charge is 2.31. The summed E-state index contributed by atoms with van der Waals surface area (Å²) in [6.45, 7) is 9.99. The van der Waals surface area contributed by atoms with Crippen molar-refractivity contribution in [2.75, 3.05) is 13.2 Å². The molecule has 1 aromatic heterocycles. The first-order chi connectivity index (χ1) is 11.5. The number of carbonyl (C=O) groups is 1.